The number of thiophene rings is 1. The molecule has 21 heavy (non-hydrogen) atoms. The maximum Gasteiger partial charge on any atom is 0.145 e. The summed E-state index contributed by atoms with van der Waals surface area (Å²) in [7, 11) is 2.01. The van der Waals surface area contributed by atoms with Crippen LogP contribution in [-0.2, 0) is 12.0 Å². The molecule has 0 bridgehead atoms. The standard InChI is InChI=1S/C14H20BrN5S/c1-14(2,3)13-17-11(19-16)6-12(18-13)20(4)7-9-5-10(15)21-8-9/h5-6,8H,7,16H2,1-4H3,(H,17,18,19). The van der Waals surface area contributed by atoms with E-state index in [0.717, 1.165) is 22.0 Å². The Morgan fingerprint density at radius 3 is 2.57 bits per heavy atom. The fourth-order valence-corrected chi connectivity index (χ4v) is 3.02. The summed E-state index contributed by atoms with van der Waals surface area (Å²) in [6.45, 7) is 7.04. The molecule has 0 unspecified atom stereocenters. The lowest BCUT2D eigenvalue weighted by molar-refractivity contribution is 0.545. The average Bonchev–Trinajstić information content (AvgIpc) is 2.82. The van der Waals surface area contributed by atoms with Gasteiger partial charge in [0.15, 0.2) is 0 Å². The Morgan fingerprint density at radius 1 is 1.33 bits per heavy atom. The van der Waals surface area contributed by atoms with Crippen molar-refractivity contribution in [3.05, 3.63) is 32.7 Å². The van der Waals surface area contributed by atoms with Gasteiger partial charge in [0, 0.05) is 25.1 Å². The Labute approximate surface area is 137 Å². The van der Waals surface area contributed by atoms with E-state index in [2.05, 4.69) is 68.4 Å². The van der Waals surface area contributed by atoms with Crippen LogP contribution in [0.25, 0.3) is 0 Å². The van der Waals surface area contributed by atoms with Crippen LogP contribution in [0.2, 0.25) is 0 Å². The van der Waals surface area contributed by atoms with Crippen molar-refractivity contribution in [2.45, 2.75) is 32.7 Å². The molecule has 5 nitrogen and oxygen atoms in total. The summed E-state index contributed by atoms with van der Waals surface area (Å²) in [6.07, 6.45) is 0. The third-order valence-corrected chi connectivity index (χ3v) is 4.52. The second kappa shape index (κ2) is 6.29. The summed E-state index contributed by atoms with van der Waals surface area (Å²) < 4.78 is 1.13. The highest BCUT2D eigenvalue weighted by molar-refractivity contribution is 9.11. The molecule has 3 N–H and O–H groups in total. The molecule has 0 aliphatic heterocycles. The third kappa shape index (κ3) is 4.15. The Balaban J connectivity index is 2.29. The van der Waals surface area contributed by atoms with Gasteiger partial charge in [-0.1, -0.05) is 20.8 Å². The summed E-state index contributed by atoms with van der Waals surface area (Å²) in [5, 5.41) is 2.13. The van der Waals surface area contributed by atoms with Crippen molar-refractivity contribution in [1.29, 1.82) is 0 Å². The molecule has 2 rings (SSSR count). The first-order chi connectivity index (χ1) is 9.79. The average molecular weight is 370 g/mol. The molecule has 0 amide bonds. The summed E-state index contributed by atoms with van der Waals surface area (Å²) in [5.41, 5.74) is 3.73. The van der Waals surface area contributed by atoms with E-state index < -0.39 is 0 Å². The first kappa shape index (κ1) is 16.2. The Bertz CT molecular complexity index is 620. The first-order valence-electron chi connectivity index (χ1n) is 6.60. The molecule has 114 valence electrons. The predicted octanol–water partition coefficient (Wildman–Crippen LogP) is 3.52. The highest BCUT2D eigenvalue weighted by atomic mass is 79.9. The quantitative estimate of drug-likeness (QED) is 0.637. The topological polar surface area (TPSA) is 67.1 Å². The van der Waals surface area contributed by atoms with Crippen LogP contribution >= 0.6 is 27.3 Å². The molecule has 0 spiro atoms. The molecular formula is C14H20BrN5S. The van der Waals surface area contributed by atoms with Crippen molar-refractivity contribution in [2.24, 2.45) is 5.84 Å². The number of nitrogens with two attached hydrogens (primary N) is 1. The number of nitrogens with one attached hydrogen (secondary N) is 1. The number of hydrogen-bond acceptors (Lipinski definition) is 6. The maximum absolute atomic E-state index is 5.52. The molecule has 2 heterocycles. The largest absolute Gasteiger partial charge is 0.355 e. The number of hydrogen-bond donors (Lipinski definition) is 2. The fourth-order valence-electron chi connectivity index (χ4n) is 1.82. The highest BCUT2D eigenvalue weighted by Gasteiger charge is 2.20. The monoisotopic (exact) mass is 369 g/mol. The summed E-state index contributed by atoms with van der Waals surface area (Å²) in [6, 6.07) is 3.98. The normalized spacial score (nSPS) is 11.5. The third-order valence-electron chi connectivity index (χ3n) is 2.96. The molecule has 0 saturated carbocycles. The highest BCUT2D eigenvalue weighted by Crippen LogP contribution is 2.26. The second-order valence-corrected chi connectivity index (χ2v) is 8.23. The molecule has 2 aromatic rings. The molecule has 2 aromatic heterocycles. The molecule has 0 atom stereocenters. The summed E-state index contributed by atoms with van der Waals surface area (Å²) in [5.74, 6) is 7.77. The minimum Gasteiger partial charge on any atom is -0.355 e. The molecule has 0 fully saturated rings. The van der Waals surface area contributed by atoms with Gasteiger partial charge in [0.25, 0.3) is 0 Å². The predicted molar refractivity (Wildman–Crippen MR) is 92.7 cm³/mol. The van der Waals surface area contributed by atoms with Gasteiger partial charge in [0.1, 0.15) is 17.5 Å². The van der Waals surface area contributed by atoms with Crippen molar-refractivity contribution in [1.82, 2.24) is 9.97 Å². The van der Waals surface area contributed by atoms with Crippen molar-refractivity contribution < 1.29 is 0 Å². The van der Waals surface area contributed by atoms with Crippen molar-refractivity contribution in [3.63, 3.8) is 0 Å². The second-order valence-electron chi connectivity index (χ2n) is 5.94. The van der Waals surface area contributed by atoms with Gasteiger partial charge in [0.2, 0.25) is 0 Å². The minimum atomic E-state index is -0.131. The van der Waals surface area contributed by atoms with Gasteiger partial charge in [0.05, 0.1) is 3.79 Å². The van der Waals surface area contributed by atoms with E-state index in [9.17, 15) is 0 Å². The van der Waals surface area contributed by atoms with Crippen LogP contribution in [0.1, 0.15) is 32.2 Å². The number of nitrogens with zero attached hydrogens (tertiary/aromatic N) is 3. The van der Waals surface area contributed by atoms with Crippen LogP contribution in [0.15, 0.2) is 21.3 Å². The first-order valence-corrected chi connectivity index (χ1v) is 8.27. The molecular weight excluding hydrogens is 350 g/mol. The fraction of sp³-hybridized carbons (Fsp3) is 0.429. The number of hydrazine groups is 1. The zero-order valence-electron chi connectivity index (χ0n) is 12.6. The van der Waals surface area contributed by atoms with E-state index in [4.69, 9.17) is 5.84 Å². The van der Waals surface area contributed by atoms with E-state index >= 15 is 0 Å². The van der Waals surface area contributed by atoms with Gasteiger partial charge in [-0.05, 0) is 32.9 Å². The molecule has 0 saturated heterocycles. The van der Waals surface area contributed by atoms with Gasteiger partial charge < -0.3 is 10.3 Å². The van der Waals surface area contributed by atoms with Crippen LogP contribution in [-0.4, -0.2) is 17.0 Å². The van der Waals surface area contributed by atoms with Crippen LogP contribution in [0.4, 0.5) is 11.6 Å². The Kier molecular flexibility index (Phi) is 4.85. The molecule has 0 aliphatic carbocycles. The van der Waals surface area contributed by atoms with Crippen LogP contribution < -0.4 is 16.2 Å². The van der Waals surface area contributed by atoms with Crippen molar-refractivity contribution in [3.8, 4) is 0 Å². The van der Waals surface area contributed by atoms with Crippen molar-refractivity contribution in [2.75, 3.05) is 17.4 Å². The minimum absolute atomic E-state index is 0.131. The van der Waals surface area contributed by atoms with Gasteiger partial charge >= 0.3 is 0 Å². The van der Waals surface area contributed by atoms with E-state index in [1.807, 2.05) is 13.1 Å². The van der Waals surface area contributed by atoms with E-state index in [-0.39, 0.29) is 5.41 Å². The van der Waals surface area contributed by atoms with Crippen LogP contribution in [0.3, 0.4) is 0 Å². The number of halogens is 1. The lowest BCUT2D eigenvalue weighted by Gasteiger charge is -2.23. The van der Waals surface area contributed by atoms with E-state index in [1.165, 1.54) is 5.56 Å². The lowest BCUT2D eigenvalue weighted by atomic mass is 9.96. The maximum atomic E-state index is 5.52. The van der Waals surface area contributed by atoms with Gasteiger partial charge in [-0.2, -0.15) is 0 Å². The van der Waals surface area contributed by atoms with Crippen molar-refractivity contribution >= 4 is 38.9 Å². The molecule has 0 aromatic carbocycles. The van der Waals surface area contributed by atoms with Gasteiger partial charge in [-0.25, -0.2) is 15.8 Å². The van der Waals surface area contributed by atoms with Crippen LogP contribution in [0.5, 0.6) is 0 Å². The zero-order valence-corrected chi connectivity index (χ0v) is 15.0. The molecule has 0 radical (unpaired) electrons. The Morgan fingerprint density at radius 2 is 2.05 bits per heavy atom. The van der Waals surface area contributed by atoms with Gasteiger partial charge in [-0.15, -0.1) is 11.3 Å². The van der Waals surface area contributed by atoms with E-state index in [1.54, 1.807) is 11.3 Å². The van der Waals surface area contributed by atoms with Crippen LogP contribution in [0, 0.1) is 0 Å². The summed E-state index contributed by atoms with van der Waals surface area (Å²) >= 11 is 5.17. The number of rotatable bonds is 4. The molecule has 0 aliphatic rings. The SMILES string of the molecule is CN(Cc1csc(Br)c1)c1cc(NN)nc(C(C)(C)C)n1. The number of nitrogen functional groups attached to an aromatic ring is 1. The lowest BCUT2D eigenvalue weighted by Crippen LogP contribution is -2.23. The van der Waals surface area contributed by atoms with E-state index in [0.29, 0.717) is 5.82 Å². The number of anilines is 2. The van der Waals surface area contributed by atoms with Gasteiger partial charge in [-0.3, -0.25) is 0 Å². The number of aromatic nitrogens is 2. The summed E-state index contributed by atoms with van der Waals surface area (Å²) in [4.78, 5) is 11.2. The zero-order chi connectivity index (χ0) is 15.6. The Hall–Kier alpha value is -1.18. The molecule has 7 heteroatoms. The smallest absolute Gasteiger partial charge is 0.145 e.